The molecule has 31 heavy (non-hydrogen) atoms. The second-order valence-corrected chi connectivity index (χ2v) is 11.3. The van der Waals surface area contributed by atoms with Crippen LogP contribution in [0.4, 0.5) is 4.39 Å². The number of carbonyl (C=O) groups is 1. The summed E-state index contributed by atoms with van der Waals surface area (Å²) >= 11 is 0. The second kappa shape index (κ2) is 6.17. The molecule has 0 aromatic rings. The highest BCUT2D eigenvalue weighted by atomic mass is 19.1. The van der Waals surface area contributed by atoms with E-state index < -0.39 is 34.0 Å². The number of ether oxygens (including phenoxy) is 4. The van der Waals surface area contributed by atoms with E-state index in [-0.39, 0.29) is 50.2 Å². The minimum atomic E-state index is -1.76. The van der Waals surface area contributed by atoms with E-state index in [2.05, 4.69) is 13.8 Å². The summed E-state index contributed by atoms with van der Waals surface area (Å²) < 4.78 is 41.4. The molecular weight excluding hydrogens is 403 g/mol. The average molecular weight is 437 g/mol. The number of halogens is 1. The van der Waals surface area contributed by atoms with Crippen molar-refractivity contribution in [3.8, 4) is 0 Å². The summed E-state index contributed by atoms with van der Waals surface area (Å²) in [6.45, 7) is 6.77. The van der Waals surface area contributed by atoms with E-state index in [1.807, 2.05) is 6.92 Å². The molecule has 0 aromatic carbocycles. The Hall–Kier alpha value is -0.860. The zero-order valence-corrected chi connectivity index (χ0v) is 18.6. The number of aliphatic hydroxyl groups excluding tert-OH is 1. The second-order valence-electron chi connectivity index (χ2n) is 11.3. The highest BCUT2D eigenvalue weighted by molar-refractivity contribution is 5.91. The van der Waals surface area contributed by atoms with Crippen LogP contribution in [-0.2, 0) is 23.7 Å². The lowest BCUT2D eigenvalue weighted by Gasteiger charge is -2.64. The number of hydrogen-bond donors (Lipinski definition) is 1. The minimum absolute atomic E-state index is 0.0229. The van der Waals surface area contributed by atoms with Gasteiger partial charge < -0.3 is 24.1 Å². The summed E-state index contributed by atoms with van der Waals surface area (Å²) in [6, 6.07) is 0. The van der Waals surface area contributed by atoms with Gasteiger partial charge in [0.1, 0.15) is 17.9 Å². The third kappa shape index (κ3) is 2.10. The van der Waals surface area contributed by atoms with Crippen molar-refractivity contribution in [3.63, 3.8) is 0 Å². The van der Waals surface area contributed by atoms with E-state index in [4.69, 9.17) is 18.9 Å². The van der Waals surface area contributed by atoms with E-state index in [0.29, 0.717) is 25.7 Å². The molecule has 0 radical (unpaired) electrons. The molecule has 5 fully saturated rings. The molecule has 2 saturated heterocycles. The predicted molar refractivity (Wildman–Crippen MR) is 107 cm³/mol. The van der Waals surface area contributed by atoms with Gasteiger partial charge in [-0.25, -0.2) is 4.39 Å². The van der Waals surface area contributed by atoms with Gasteiger partial charge in [-0.05, 0) is 50.0 Å². The predicted octanol–water partition coefficient (Wildman–Crippen LogP) is 3.27. The fourth-order valence-electron chi connectivity index (χ4n) is 9.10. The summed E-state index contributed by atoms with van der Waals surface area (Å²) in [5.41, 5.74) is -2.98. The number of allylic oxidation sites excluding steroid dienone is 1. The number of ketones is 1. The zero-order chi connectivity index (χ0) is 21.9. The molecule has 7 heteroatoms. The van der Waals surface area contributed by atoms with E-state index in [0.717, 1.165) is 12.0 Å². The molecule has 2 heterocycles. The van der Waals surface area contributed by atoms with E-state index in [9.17, 15) is 9.90 Å². The molecule has 3 saturated carbocycles. The van der Waals surface area contributed by atoms with Crippen molar-refractivity contribution in [3.05, 3.63) is 11.6 Å². The van der Waals surface area contributed by atoms with Crippen LogP contribution in [0, 0.1) is 28.6 Å². The summed E-state index contributed by atoms with van der Waals surface area (Å²) in [4.78, 5) is 12.1. The first-order valence-electron chi connectivity index (χ1n) is 11.8. The normalized spacial score (nSPS) is 58.4. The van der Waals surface area contributed by atoms with Crippen LogP contribution in [0.2, 0.25) is 0 Å². The lowest BCUT2D eigenvalue weighted by atomic mass is 9.43. The highest BCUT2D eigenvalue weighted by Gasteiger charge is 2.81. The molecule has 9 atom stereocenters. The fraction of sp³-hybridized carbons (Fsp3) is 0.875. The average Bonchev–Trinajstić information content (AvgIpc) is 3.40. The largest absolute Gasteiger partial charge is 0.390 e. The molecule has 0 amide bonds. The summed E-state index contributed by atoms with van der Waals surface area (Å²) in [5, 5.41) is 11.6. The van der Waals surface area contributed by atoms with Gasteiger partial charge in [0.05, 0.1) is 6.10 Å². The molecular formula is C24H33FO6. The van der Waals surface area contributed by atoms with Gasteiger partial charge in [-0.1, -0.05) is 26.3 Å². The standard InChI is InChI=1S/C24H33FO6/c1-14-8-18-17-5-4-15-9-16(26)6-7-20(15,2)23(17,25)19(27)10-21(18,3)24(14)22(30-13-31-24)11-28-12-29-22/h9,14,17-19,27H,4-8,10-13H2,1-3H3/t14-,17-,18-,19-,20-,21-,22?,23-,24+/m0/s1. The molecule has 6 nitrogen and oxygen atoms in total. The van der Waals surface area contributed by atoms with E-state index in [1.54, 1.807) is 6.08 Å². The number of alkyl halides is 1. The Kier molecular flexibility index (Phi) is 4.13. The number of carbonyl (C=O) groups excluding carboxylic acids is 1. The maximum absolute atomic E-state index is 17.3. The van der Waals surface area contributed by atoms with Crippen LogP contribution < -0.4 is 0 Å². The van der Waals surface area contributed by atoms with Crippen molar-refractivity contribution in [1.82, 2.24) is 0 Å². The molecule has 0 aromatic heterocycles. The Bertz CT molecular complexity index is 847. The molecule has 4 aliphatic carbocycles. The number of aliphatic hydroxyl groups is 1. The SMILES string of the molecule is C[C@H]1C[C@H]2[C@@H]3CCC4=CC(=O)CC[C@]4(C)[C@@]3(F)[C@@H](O)C[C@]2(C)[C@]12OCOC21COCO1. The molecule has 2 aliphatic heterocycles. The van der Waals surface area contributed by atoms with Crippen molar-refractivity contribution >= 4 is 5.78 Å². The molecule has 6 rings (SSSR count). The molecule has 2 spiro atoms. The van der Waals surface area contributed by atoms with Gasteiger partial charge >= 0.3 is 0 Å². The first-order chi connectivity index (χ1) is 14.6. The number of hydrogen-bond acceptors (Lipinski definition) is 6. The third-order valence-corrected chi connectivity index (χ3v) is 10.4. The Morgan fingerprint density at radius 1 is 1.13 bits per heavy atom. The van der Waals surface area contributed by atoms with Crippen LogP contribution in [-0.4, -0.2) is 54.2 Å². The van der Waals surface area contributed by atoms with E-state index >= 15 is 4.39 Å². The van der Waals surface area contributed by atoms with Crippen LogP contribution in [0.3, 0.4) is 0 Å². The lowest BCUT2D eigenvalue weighted by Crippen LogP contribution is -2.72. The lowest BCUT2D eigenvalue weighted by molar-refractivity contribution is -0.280. The van der Waals surface area contributed by atoms with Crippen molar-refractivity contribution in [2.75, 3.05) is 20.2 Å². The van der Waals surface area contributed by atoms with E-state index in [1.165, 1.54) is 0 Å². The molecule has 6 aliphatic rings. The first-order valence-corrected chi connectivity index (χ1v) is 11.8. The molecule has 0 bridgehead atoms. The van der Waals surface area contributed by atoms with Gasteiger partial charge in [-0.2, -0.15) is 0 Å². The first kappa shape index (κ1) is 20.7. The van der Waals surface area contributed by atoms with Gasteiger partial charge in [-0.15, -0.1) is 0 Å². The van der Waals surface area contributed by atoms with Crippen molar-refractivity contribution in [1.29, 1.82) is 0 Å². The quantitative estimate of drug-likeness (QED) is 0.628. The van der Waals surface area contributed by atoms with Gasteiger partial charge in [-0.3, -0.25) is 4.79 Å². The fourth-order valence-corrected chi connectivity index (χ4v) is 9.10. The van der Waals surface area contributed by atoms with Crippen molar-refractivity contribution in [2.45, 2.75) is 82.5 Å². The maximum atomic E-state index is 17.3. The maximum Gasteiger partial charge on any atom is 0.227 e. The number of fused-ring (bicyclic) bond motifs is 7. The zero-order valence-electron chi connectivity index (χ0n) is 18.6. The van der Waals surface area contributed by atoms with Crippen LogP contribution in [0.15, 0.2) is 11.6 Å². The molecule has 1 N–H and O–H groups in total. The summed E-state index contributed by atoms with van der Waals surface area (Å²) in [5.74, 6) is -1.14. The van der Waals surface area contributed by atoms with Crippen LogP contribution in [0.5, 0.6) is 0 Å². The topological polar surface area (TPSA) is 74.2 Å². The Labute approximate surface area is 182 Å². The van der Waals surface area contributed by atoms with Crippen molar-refractivity contribution < 1.29 is 33.2 Å². The van der Waals surface area contributed by atoms with Crippen LogP contribution in [0.25, 0.3) is 0 Å². The van der Waals surface area contributed by atoms with Gasteiger partial charge in [0, 0.05) is 23.2 Å². The Morgan fingerprint density at radius 2 is 1.90 bits per heavy atom. The molecule has 1 unspecified atom stereocenters. The minimum Gasteiger partial charge on any atom is -0.390 e. The van der Waals surface area contributed by atoms with Crippen LogP contribution >= 0.6 is 0 Å². The van der Waals surface area contributed by atoms with Gasteiger partial charge in [0.15, 0.2) is 19.4 Å². The Balaban J connectivity index is 1.47. The third-order valence-electron chi connectivity index (χ3n) is 10.4. The summed E-state index contributed by atoms with van der Waals surface area (Å²) in [6.07, 6.45) is 3.74. The van der Waals surface area contributed by atoms with Crippen molar-refractivity contribution in [2.24, 2.45) is 28.6 Å². The van der Waals surface area contributed by atoms with Gasteiger partial charge in [0.2, 0.25) is 5.79 Å². The highest BCUT2D eigenvalue weighted by Crippen LogP contribution is 2.74. The smallest absolute Gasteiger partial charge is 0.227 e. The van der Waals surface area contributed by atoms with Gasteiger partial charge in [0.25, 0.3) is 0 Å². The number of rotatable bonds is 0. The Morgan fingerprint density at radius 3 is 2.65 bits per heavy atom. The van der Waals surface area contributed by atoms with Crippen LogP contribution in [0.1, 0.15) is 59.3 Å². The monoisotopic (exact) mass is 436 g/mol. The summed E-state index contributed by atoms with van der Waals surface area (Å²) in [7, 11) is 0. The molecule has 172 valence electrons.